The van der Waals surface area contributed by atoms with Crippen LogP contribution in [0.4, 0.5) is 0 Å². The lowest BCUT2D eigenvalue weighted by Crippen LogP contribution is -2.45. The largest absolute Gasteiger partial charge is 0.342 e. The van der Waals surface area contributed by atoms with E-state index in [0.29, 0.717) is 11.8 Å². The van der Waals surface area contributed by atoms with E-state index in [9.17, 15) is 4.79 Å². The molecule has 3 nitrogen and oxygen atoms in total. The number of carbonyl (C=O) groups excluding carboxylic acids is 1. The van der Waals surface area contributed by atoms with Gasteiger partial charge >= 0.3 is 0 Å². The standard InChI is InChI=1S/C15H26N2O/c1-4-7-13(12-16)14(18)17-10-8-15(5-2,6-3)9-11-17/h13H,4-11H2,1-3H3. The van der Waals surface area contributed by atoms with Crippen molar-refractivity contribution in [1.82, 2.24) is 4.90 Å². The Balaban J connectivity index is 2.57. The van der Waals surface area contributed by atoms with Crippen molar-refractivity contribution in [2.24, 2.45) is 11.3 Å². The van der Waals surface area contributed by atoms with E-state index in [2.05, 4.69) is 19.9 Å². The minimum absolute atomic E-state index is 0.0557. The normalized spacial score (nSPS) is 20.2. The van der Waals surface area contributed by atoms with Crippen molar-refractivity contribution in [3.8, 4) is 6.07 Å². The number of likely N-dealkylation sites (tertiary alicyclic amines) is 1. The Morgan fingerprint density at radius 2 is 1.83 bits per heavy atom. The Morgan fingerprint density at radius 1 is 1.28 bits per heavy atom. The van der Waals surface area contributed by atoms with E-state index in [-0.39, 0.29) is 5.91 Å². The van der Waals surface area contributed by atoms with Gasteiger partial charge in [-0.3, -0.25) is 4.79 Å². The summed E-state index contributed by atoms with van der Waals surface area (Å²) >= 11 is 0. The molecule has 1 fully saturated rings. The fraction of sp³-hybridized carbons (Fsp3) is 0.867. The second-order valence-electron chi connectivity index (χ2n) is 5.50. The summed E-state index contributed by atoms with van der Waals surface area (Å²) in [4.78, 5) is 14.1. The molecule has 1 saturated heterocycles. The maximum Gasteiger partial charge on any atom is 0.239 e. The molecule has 1 unspecified atom stereocenters. The smallest absolute Gasteiger partial charge is 0.239 e. The highest BCUT2D eigenvalue weighted by atomic mass is 16.2. The van der Waals surface area contributed by atoms with Crippen LogP contribution in [0.5, 0.6) is 0 Å². The maximum absolute atomic E-state index is 12.2. The first-order valence-electron chi connectivity index (χ1n) is 7.30. The van der Waals surface area contributed by atoms with Crippen molar-refractivity contribution in [2.75, 3.05) is 13.1 Å². The molecule has 18 heavy (non-hydrogen) atoms. The molecule has 0 aromatic heterocycles. The number of amides is 1. The first kappa shape index (κ1) is 15.0. The fourth-order valence-electron chi connectivity index (χ4n) is 2.91. The first-order chi connectivity index (χ1) is 8.62. The van der Waals surface area contributed by atoms with Gasteiger partial charge < -0.3 is 4.90 Å². The second-order valence-corrected chi connectivity index (χ2v) is 5.50. The topological polar surface area (TPSA) is 44.1 Å². The Hall–Kier alpha value is -1.04. The molecule has 0 aliphatic carbocycles. The van der Waals surface area contributed by atoms with Crippen LogP contribution in [0.15, 0.2) is 0 Å². The Bertz CT molecular complexity index is 305. The van der Waals surface area contributed by atoms with Crippen LogP contribution in [0, 0.1) is 22.7 Å². The number of carbonyl (C=O) groups is 1. The van der Waals surface area contributed by atoms with Crippen LogP contribution in [-0.2, 0) is 4.79 Å². The highest BCUT2D eigenvalue weighted by Gasteiger charge is 2.34. The van der Waals surface area contributed by atoms with Crippen molar-refractivity contribution in [3.63, 3.8) is 0 Å². The van der Waals surface area contributed by atoms with Gasteiger partial charge in [-0.1, -0.05) is 40.0 Å². The molecule has 3 heteroatoms. The predicted molar refractivity (Wildman–Crippen MR) is 72.8 cm³/mol. The third-order valence-corrected chi connectivity index (χ3v) is 4.67. The van der Waals surface area contributed by atoms with Gasteiger partial charge in [0.25, 0.3) is 0 Å². The summed E-state index contributed by atoms with van der Waals surface area (Å²) in [6.07, 6.45) is 6.17. The van der Waals surface area contributed by atoms with Gasteiger partial charge in [0.15, 0.2) is 0 Å². The van der Waals surface area contributed by atoms with Gasteiger partial charge in [0.05, 0.1) is 6.07 Å². The lowest BCUT2D eigenvalue weighted by Gasteiger charge is -2.41. The number of hydrogen-bond donors (Lipinski definition) is 0. The first-order valence-corrected chi connectivity index (χ1v) is 7.30. The van der Waals surface area contributed by atoms with E-state index >= 15 is 0 Å². The van der Waals surface area contributed by atoms with Crippen molar-refractivity contribution < 1.29 is 4.79 Å². The van der Waals surface area contributed by atoms with Crippen LogP contribution >= 0.6 is 0 Å². The van der Waals surface area contributed by atoms with Crippen molar-refractivity contribution in [2.45, 2.75) is 59.3 Å². The van der Waals surface area contributed by atoms with Gasteiger partial charge in [0.1, 0.15) is 5.92 Å². The molecule has 1 aliphatic heterocycles. The Kier molecular flexibility index (Phi) is 5.65. The third-order valence-electron chi connectivity index (χ3n) is 4.67. The molecule has 0 spiro atoms. The minimum atomic E-state index is -0.425. The summed E-state index contributed by atoms with van der Waals surface area (Å²) < 4.78 is 0. The monoisotopic (exact) mass is 250 g/mol. The van der Waals surface area contributed by atoms with E-state index in [1.54, 1.807) is 0 Å². The molecule has 102 valence electrons. The number of nitriles is 1. The van der Waals surface area contributed by atoms with Crippen LogP contribution in [0.25, 0.3) is 0 Å². The van der Waals surface area contributed by atoms with E-state index in [0.717, 1.165) is 32.4 Å². The van der Waals surface area contributed by atoms with Crippen LogP contribution in [-0.4, -0.2) is 23.9 Å². The zero-order chi connectivity index (χ0) is 13.6. The Morgan fingerprint density at radius 3 is 2.22 bits per heavy atom. The van der Waals surface area contributed by atoms with Gasteiger partial charge in [0, 0.05) is 13.1 Å². The van der Waals surface area contributed by atoms with Crippen molar-refractivity contribution in [3.05, 3.63) is 0 Å². The number of hydrogen-bond acceptors (Lipinski definition) is 2. The predicted octanol–water partition coefficient (Wildman–Crippen LogP) is 3.36. The highest BCUT2D eigenvalue weighted by Crippen LogP contribution is 2.38. The summed E-state index contributed by atoms with van der Waals surface area (Å²) in [5.74, 6) is -0.370. The minimum Gasteiger partial charge on any atom is -0.342 e. The molecule has 1 rings (SSSR count). The highest BCUT2D eigenvalue weighted by molar-refractivity contribution is 5.81. The average molecular weight is 250 g/mol. The summed E-state index contributed by atoms with van der Waals surface area (Å²) in [6.45, 7) is 8.18. The number of piperidine rings is 1. The van der Waals surface area contributed by atoms with E-state index in [1.807, 2.05) is 11.8 Å². The number of nitrogens with zero attached hydrogens (tertiary/aromatic N) is 2. The zero-order valence-corrected chi connectivity index (χ0v) is 12.0. The van der Waals surface area contributed by atoms with E-state index < -0.39 is 5.92 Å². The molecule has 0 saturated carbocycles. The average Bonchev–Trinajstić information content (AvgIpc) is 2.44. The van der Waals surface area contributed by atoms with Gasteiger partial charge in [0.2, 0.25) is 5.91 Å². The molecular weight excluding hydrogens is 224 g/mol. The summed E-state index contributed by atoms with van der Waals surface area (Å²) in [6, 6.07) is 2.16. The van der Waals surface area contributed by atoms with E-state index in [1.165, 1.54) is 12.8 Å². The molecule has 0 aromatic carbocycles. The quantitative estimate of drug-likeness (QED) is 0.751. The van der Waals surface area contributed by atoms with Gasteiger partial charge in [-0.05, 0) is 24.7 Å². The molecule has 1 amide bonds. The van der Waals surface area contributed by atoms with Gasteiger partial charge in [-0.15, -0.1) is 0 Å². The number of rotatable bonds is 5. The molecule has 0 N–H and O–H groups in total. The van der Waals surface area contributed by atoms with Gasteiger partial charge in [-0.2, -0.15) is 5.26 Å². The lowest BCUT2D eigenvalue weighted by molar-refractivity contribution is -0.136. The van der Waals surface area contributed by atoms with E-state index in [4.69, 9.17) is 5.26 Å². The van der Waals surface area contributed by atoms with Crippen molar-refractivity contribution in [1.29, 1.82) is 5.26 Å². The van der Waals surface area contributed by atoms with Crippen LogP contribution < -0.4 is 0 Å². The molecule has 1 aliphatic rings. The third kappa shape index (κ3) is 3.25. The summed E-state index contributed by atoms with van der Waals surface area (Å²) in [7, 11) is 0. The zero-order valence-electron chi connectivity index (χ0n) is 12.0. The summed E-state index contributed by atoms with van der Waals surface area (Å²) in [5, 5.41) is 9.06. The molecule has 0 radical (unpaired) electrons. The second kappa shape index (κ2) is 6.78. The molecule has 0 bridgehead atoms. The van der Waals surface area contributed by atoms with Crippen LogP contribution in [0.2, 0.25) is 0 Å². The fourth-order valence-corrected chi connectivity index (χ4v) is 2.91. The SMILES string of the molecule is CCCC(C#N)C(=O)N1CCC(CC)(CC)CC1. The van der Waals surface area contributed by atoms with Gasteiger partial charge in [-0.25, -0.2) is 0 Å². The maximum atomic E-state index is 12.2. The van der Waals surface area contributed by atoms with Crippen LogP contribution in [0.1, 0.15) is 59.3 Å². The van der Waals surface area contributed by atoms with Crippen LogP contribution in [0.3, 0.4) is 0 Å². The summed E-state index contributed by atoms with van der Waals surface area (Å²) in [5.41, 5.74) is 0.434. The molecule has 1 atom stereocenters. The molecular formula is C15H26N2O. The molecule has 0 aromatic rings. The molecule has 1 heterocycles. The van der Waals surface area contributed by atoms with Crippen molar-refractivity contribution >= 4 is 5.91 Å². The Labute approximate surface area is 111 Å². The lowest BCUT2D eigenvalue weighted by atomic mass is 9.74.